The van der Waals surface area contributed by atoms with Crippen molar-refractivity contribution in [1.82, 2.24) is 5.32 Å². The molecular formula is C13H15NO3S. The fourth-order valence-corrected chi connectivity index (χ4v) is 2.67. The zero-order valence-electron chi connectivity index (χ0n) is 10.1. The molecule has 0 spiro atoms. The number of rotatable bonds is 4. The summed E-state index contributed by atoms with van der Waals surface area (Å²) >= 11 is 1.28. The molecule has 18 heavy (non-hydrogen) atoms. The summed E-state index contributed by atoms with van der Waals surface area (Å²) in [5, 5.41) is 2.80. The molecule has 5 heteroatoms. The second-order valence-electron chi connectivity index (χ2n) is 3.94. The maximum Gasteiger partial charge on any atom is 0.251 e. The van der Waals surface area contributed by atoms with E-state index in [4.69, 9.17) is 4.74 Å². The van der Waals surface area contributed by atoms with Gasteiger partial charge < -0.3 is 10.1 Å². The molecule has 0 saturated carbocycles. The van der Waals surface area contributed by atoms with E-state index in [9.17, 15) is 9.59 Å². The Morgan fingerprint density at radius 3 is 2.72 bits per heavy atom. The van der Waals surface area contributed by atoms with Crippen LogP contribution in [0, 0.1) is 0 Å². The molecule has 1 aromatic rings. The predicted octanol–water partition coefficient (Wildman–Crippen LogP) is 1.85. The first-order valence-corrected chi connectivity index (χ1v) is 6.89. The molecule has 1 aromatic carbocycles. The Morgan fingerprint density at radius 1 is 1.44 bits per heavy atom. The van der Waals surface area contributed by atoms with Gasteiger partial charge in [0.2, 0.25) is 5.12 Å². The van der Waals surface area contributed by atoms with Crippen LogP contribution in [-0.4, -0.2) is 29.4 Å². The molecule has 4 nitrogen and oxygen atoms in total. The lowest BCUT2D eigenvalue weighted by Gasteiger charge is -2.10. The molecule has 1 N–H and O–H groups in total. The van der Waals surface area contributed by atoms with Gasteiger partial charge >= 0.3 is 0 Å². The Bertz CT molecular complexity index is 444. The molecule has 1 fully saturated rings. The lowest BCUT2D eigenvalue weighted by molar-refractivity contribution is -0.112. The first-order chi connectivity index (χ1) is 8.70. The molecule has 1 saturated heterocycles. The van der Waals surface area contributed by atoms with E-state index in [-0.39, 0.29) is 17.1 Å². The third-order valence-corrected chi connectivity index (χ3v) is 3.68. The highest BCUT2D eigenvalue weighted by Crippen LogP contribution is 2.20. The molecule has 2 rings (SSSR count). The van der Waals surface area contributed by atoms with Gasteiger partial charge in [0.05, 0.1) is 12.6 Å². The van der Waals surface area contributed by atoms with E-state index in [1.807, 2.05) is 6.92 Å². The van der Waals surface area contributed by atoms with Crippen molar-refractivity contribution in [2.75, 3.05) is 12.4 Å². The van der Waals surface area contributed by atoms with E-state index >= 15 is 0 Å². The smallest absolute Gasteiger partial charge is 0.251 e. The fourth-order valence-electron chi connectivity index (χ4n) is 1.74. The lowest BCUT2D eigenvalue weighted by Crippen LogP contribution is -2.37. The van der Waals surface area contributed by atoms with Crippen LogP contribution in [0.25, 0.3) is 0 Å². The average molecular weight is 265 g/mol. The van der Waals surface area contributed by atoms with Gasteiger partial charge in [-0.3, -0.25) is 9.59 Å². The summed E-state index contributed by atoms with van der Waals surface area (Å²) < 4.78 is 5.30. The van der Waals surface area contributed by atoms with Gasteiger partial charge in [-0.2, -0.15) is 0 Å². The van der Waals surface area contributed by atoms with Gasteiger partial charge in [-0.05, 0) is 37.6 Å². The zero-order valence-corrected chi connectivity index (χ0v) is 11.0. The highest BCUT2D eigenvalue weighted by Gasteiger charge is 2.26. The van der Waals surface area contributed by atoms with Crippen LogP contribution in [0.3, 0.4) is 0 Å². The second kappa shape index (κ2) is 5.91. The Balaban J connectivity index is 1.98. The highest BCUT2D eigenvalue weighted by molar-refractivity contribution is 8.14. The number of hydrogen-bond acceptors (Lipinski definition) is 4. The number of hydrogen-bond donors (Lipinski definition) is 1. The van der Waals surface area contributed by atoms with Crippen molar-refractivity contribution in [1.29, 1.82) is 0 Å². The molecule has 96 valence electrons. The number of nitrogens with one attached hydrogen (secondary N) is 1. The number of ether oxygens (including phenoxy) is 1. The third-order valence-electron chi connectivity index (χ3n) is 2.67. The summed E-state index contributed by atoms with van der Waals surface area (Å²) in [5.74, 6) is 1.31. The van der Waals surface area contributed by atoms with Crippen molar-refractivity contribution in [3.05, 3.63) is 29.8 Å². The van der Waals surface area contributed by atoms with E-state index in [0.717, 1.165) is 11.5 Å². The summed E-state index contributed by atoms with van der Waals surface area (Å²) in [4.78, 5) is 23.3. The predicted molar refractivity (Wildman–Crippen MR) is 70.9 cm³/mol. The van der Waals surface area contributed by atoms with Gasteiger partial charge in [0.15, 0.2) is 0 Å². The second-order valence-corrected chi connectivity index (χ2v) is 5.04. The van der Waals surface area contributed by atoms with E-state index in [0.29, 0.717) is 18.6 Å². The van der Waals surface area contributed by atoms with Crippen molar-refractivity contribution >= 4 is 22.8 Å². The van der Waals surface area contributed by atoms with Gasteiger partial charge in [-0.25, -0.2) is 0 Å². The van der Waals surface area contributed by atoms with Crippen molar-refractivity contribution in [2.45, 2.75) is 19.4 Å². The molecule has 0 aromatic heterocycles. The van der Waals surface area contributed by atoms with Crippen LogP contribution in [0.5, 0.6) is 5.75 Å². The number of benzene rings is 1. The largest absolute Gasteiger partial charge is 0.494 e. The number of carbonyl (C=O) groups is 2. The van der Waals surface area contributed by atoms with Gasteiger partial charge in [0, 0.05) is 11.3 Å². The Labute approximate surface area is 110 Å². The van der Waals surface area contributed by atoms with Crippen molar-refractivity contribution in [3.8, 4) is 5.75 Å². The first kappa shape index (κ1) is 13.0. The summed E-state index contributed by atoms with van der Waals surface area (Å²) in [6, 6.07) is 6.57. The van der Waals surface area contributed by atoms with Crippen LogP contribution in [0.15, 0.2) is 24.3 Å². The topological polar surface area (TPSA) is 55.4 Å². The van der Waals surface area contributed by atoms with Gasteiger partial charge in [-0.1, -0.05) is 11.8 Å². The van der Waals surface area contributed by atoms with E-state index in [1.54, 1.807) is 24.3 Å². The number of carbonyl (C=O) groups excluding carboxylic acids is 2. The average Bonchev–Trinajstić information content (AvgIpc) is 2.76. The van der Waals surface area contributed by atoms with Crippen LogP contribution in [-0.2, 0) is 4.79 Å². The Hall–Kier alpha value is -1.49. The Kier molecular flexibility index (Phi) is 4.25. The molecule has 0 bridgehead atoms. The third kappa shape index (κ3) is 3.04. The maximum atomic E-state index is 11.9. The van der Waals surface area contributed by atoms with Crippen LogP contribution in [0.1, 0.15) is 23.7 Å². The normalized spacial score (nSPS) is 18.7. The van der Waals surface area contributed by atoms with E-state index < -0.39 is 0 Å². The monoisotopic (exact) mass is 265 g/mol. The number of thioether (sulfide) groups is 1. The lowest BCUT2D eigenvalue weighted by atomic mass is 10.2. The van der Waals surface area contributed by atoms with Crippen molar-refractivity contribution < 1.29 is 14.3 Å². The van der Waals surface area contributed by atoms with Crippen LogP contribution < -0.4 is 10.1 Å². The number of amides is 1. The molecule has 1 aliphatic heterocycles. The zero-order chi connectivity index (χ0) is 13.0. The quantitative estimate of drug-likeness (QED) is 0.902. The molecule has 0 unspecified atom stereocenters. The minimum atomic E-state index is -0.339. The van der Waals surface area contributed by atoms with Crippen molar-refractivity contribution in [3.63, 3.8) is 0 Å². The molecule has 0 aliphatic carbocycles. The molecule has 1 heterocycles. The Morgan fingerprint density at radius 2 is 2.17 bits per heavy atom. The van der Waals surface area contributed by atoms with Crippen LogP contribution in [0.2, 0.25) is 0 Å². The van der Waals surface area contributed by atoms with Crippen LogP contribution >= 0.6 is 11.8 Å². The molecule has 1 aliphatic rings. The fraction of sp³-hybridized carbons (Fsp3) is 0.385. The summed E-state index contributed by atoms with van der Waals surface area (Å²) in [6.07, 6.45) is 0.715. The molecule has 1 amide bonds. The first-order valence-electron chi connectivity index (χ1n) is 5.91. The highest BCUT2D eigenvalue weighted by atomic mass is 32.2. The van der Waals surface area contributed by atoms with E-state index in [1.165, 1.54) is 11.8 Å². The van der Waals surface area contributed by atoms with E-state index in [2.05, 4.69) is 5.32 Å². The van der Waals surface area contributed by atoms with Crippen LogP contribution in [0.4, 0.5) is 0 Å². The minimum absolute atomic E-state index is 0.0503. The maximum absolute atomic E-state index is 11.9. The summed E-state index contributed by atoms with van der Waals surface area (Å²) in [5.41, 5.74) is 0.545. The summed E-state index contributed by atoms with van der Waals surface area (Å²) in [7, 11) is 0. The molecular weight excluding hydrogens is 250 g/mol. The van der Waals surface area contributed by atoms with Gasteiger partial charge in [0.25, 0.3) is 5.91 Å². The molecule has 1 atom stereocenters. The van der Waals surface area contributed by atoms with Gasteiger partial charge in [0.1, 0.15) is 5.75 Å². The molecule has 0 radical (unpaired) electrons. The standard InChI is InChI=1S/C13H15NO3S/c1-2-17-10-5-3-9(4-6-10)12(15)14-11-7-8-18-13(11)16/h3-6,11H,2,7-8H2,1H3,(H,14,15)/t11-/m0/s1. The SMILES string of the molecule is CCOc1ccc(C(=O)N[C@H]2CCSC2=O)cc1. The summed E-state index contributed by atoms with van der Waals surface area (Å²) in [6.45, 7) is 2.50. The van der Waals surface area contributed by atoms with Gasteiger partial charge in [-0.15, -0.1) is 0 Å². The van der Waals surface area contributed by atoms with Crippen molar-refractivity contribution in [2.24, 2.45) is 0 Å². The minimum Gasteiger partial charge on any atom is -0.494 e.